The Labute approximate surface area is 141 Å². The third-order valence-electron chi connectivity index (χ3n) is 2.77. The summed E-state index contributed by atoms with van der Waals surface area (Å²) in [7, 11) is 0. The lowest BCUT2D eigenvalue weighted by molar-refractivity contribution is -0.147. The summed E-state index contributed by atoms with van der Waals surface area (Å²) in [5.74, 6) is -1.37. The molecule has 0 rings (SSSR count). The Balaban J connectivity index is -0.000000338. The first kappa shape index (κ1) is 25.8. The predicted molar refractivity (Wildman–Crippen MR) is 97.2 cm³/mol. The Bertz CT molecular complexity index is 352. The number of hydrogen-bond acceptors (Lipinski definition) is 3. The molecule has 1 N–H and O–H groups in total. The van der Waals surface area contributed by atoms with Crippen LogP contribution in [0.25, 0.3) is 0 Å². The Hall–Kier alpha value is -2.10. The first-order chi connectivity index (χ1) is 10.5. The van der Waals surface area contributed by atoms with Crippen LogP contribution >= 0.6 is 0 Å². The highest BCUT2D eigenvalue weighted by Crippen LogP contribution is 2.11. The van der Waals surface area contributed by atoms with Crippen LogP contribution in [0.1, 0.15) is 40.0 Å². The maximum absolute atomic E-state index is 11.2. The zero-order chi connectivity index (χ0) is 17.4. The van der Waals surface area contributed by atoms with Crippen molar-refractivity contribution in [1.82, 2.24) is 0 Å². The van der Waals surface area contributed by atoms with Crippen molar-refractivity contribution in [2.45, 2.75) is 40.0 Å². The van der Waals surface area contributed by atoms with Gasteiger partial charge >= 0.3 is 11.9 Å². The fraction of sp³-hybridized carbons (Fsp3) is 0.474. The summed E-state index contributed by atoms with van der Waals surface area (Å²) in [6.45, 7) is 16.3. The topological polar surface area (TPSA) is 63.6 Å². The predicted octanol–water partition coefficient (Wildman–Crippen LogP) is 4.79. The molecule has 0 spiro atoms. The molecule has 0 aromatic rings. The Morgan fingerprint density at radius 2 is 1.26 bits per heavy atom. The van der Waals surface area contributed by atoms with E-state index in [0.29, 0.717) is 32.3 Å². The maximum Gasteiger partial charge on any atom is 0.309 e. The largest absolute Gasteiger partial charge is 0.481 e. The van der Waals surface area contributed by atoms with E-state index < -0.39 is 5.97 Å². The summed E-state index contributed by atoms with van der Waals surface area (Å²) in [5.41, 5.74) is 0. The number of carboxylic acid groups (broad SMARTS) is 1. The molecule has 0 saturated heterocycles. The molecule has 0 aliphatic carbocycles. The van der Waals surface area contributed by atoms with E-state index in [0.717, 1.165) is 0 Å². The second kappa shape index (κ2) is 18.0. The molecule has 0 unspecified atom stereocenters. The van der Waals surface area contributed by atoms with Gasteiger partial charge in [0.05, 0.1) is 18.4 Å². The van der Waals surface area contributed by atoms with Gasteiger partial charge in [0.15, 0.2) is 0 Å². The van der Waals surface area contributed by atoms with Crippen molar-refractivity contribution in [3.05, 3.63) is 50.6 Å². The van der Waals surface area contributed by atoms with Gasteiger partial charge in [0.2, 0.25) is 0 Å². The molecule has 0 aromatic carbocycles. The van der Waals surface area contributed by atoms with Gasteiger partial charge in [-0.05, 0) is 32.6 Å². The summed E-state index contributed by atoms with van der Waals surface area (Å²) in [4.78, 5) is 21.6. The fourth-order valence-corrected chi connectivity index (χ4v) is 1.65. The van der Waals surface area contributed by atoms with Crippen molar-refractivity contribution < 1.29 is 19.4 Å². The minimum atomic E-state index is -0.778. The standard InChI is InChI=1S/C10H16O2.C8H12O2.CH4/c1-4-7-9(8-5-2)10(11)12-6-3;1-3-5-7(6-4-2)8(9)10;/h4-5,9H,1-2,6-8H2,3H3;3-4,7H,1-2,5-6H2,(H,9,10);1H4. The lowest BCUT2D eigenvalue weighted by Gasteiger charge is -2.10. The van der Waals surface area contributed by atoms with Gasteiger partial charge in [-0.3, -0.25) is 9.59 Å². The van der Waals surface area contributed by atoms with Crippen LogP contribution in [0.15, 0.2) is 50.6 Å². The van der Waals surface area contributed by atoms with E-state index in [1.54, 1.807) is 31.2 Å². The first-order valence-corrected chi connectivity index (χ1v) is 7.31. The fourth-order valence-electron chi connectivity index (χ4n) is 1.65. The summed E-state index contributed by atoms with van der Waals surface area (Å²) in [6, 6.07) is 0. The minimum Gasteiger partial charge on any atom is -0.481 e. The maximum atomic E-state index is 11.2. The molecule has 0 aromatic heterocycles. The van der Waals surface area contributed by atoms with Crippen molar-refractivity contribution in [2.24, 2.45) is 11.8 Å². The Morgan fingerprint density at radius 3 is 1.52 bits per heavy atom. The van der Waals surface area contributed by atoms with E-state index in [9.17, 15) is 9.59 Å². The Kier molecular flexibility index (Phi) is 20.2. The van der Waals surface area contributed by atoms with Gasteiger partial charge in [-0.2, -0.15) is 0 Å². The van der Waals surface area contributed by atoms with Gasteiger partial charge in [-0.1, -0.05) is 31.7 Å². The van der Waals surface area contributed by atoms with Crippen LogP contribution in [0, 0.1) is 11.8 Å². The highest BCUT2D eigenvalue weighted by atomic mass is 16.5. The van der Waals surface area contributed by atoms with Crippen molar-refractivity contribution >= 4 is 11.9 Å². The number of rotatable bonds is 11. The van der Waals surface area contributed by atoms with Gasteiger partial charge in [0, 0.05) is 0 Å². The molecular weight excluding hydrogens is 292 g/mol. The highest BCUT2D eigenvalue weighted by molar-refractivity contribution is 5.72. The molecule has 0 fully saturated rings. The summed E-state index contributed by atoms with van der Waals surface area (Å²) >= 11 is 0. The van der Waals surface area contributed by atoms with E-state index in [1.807, 2.05) is 0 Å². The molecule has 0 radical (unpaired) electrons. The average molecular weight is 324 g/mol. The molecule has 0 heterocycles. The van der Waals surface area contributed by atoms with Crippen molar-refractivity contribution in [1.29, 1.82) is 0 Å². The quantitative estimate of drug-likeness (QED) is 0.438. The molecule has 4 nitrogen and oxygen atoms in total. The summed E-state index contributed by atoms with van der Waals surface area (Å²) in [6.07, 6.45) is 9.03. The second-order valence-electron chi connectivity index (χ2n) is 4.58. The molecule has 0 bridgehead atoms. The van der Waals surface area contributed by atoms with Crippen LogP contribution in [0.2, 0.25) is 0 Å². The van der Waals surface area contributed by atoms with Gasteiger partial charge in [0.25, 0.3) is 0 Å². The zero-order valence-electron chi connectivity index (χ0n) is 13.5. The minimum absolute atomic E-state index is 0. The number of esters is 1. The van der Waals surface area contributed by atoms with Gasteiger partial charge in [-0.15, -0.1) is 26.3 Å². The SMILES string of the molecule is C.C=CCC(CC=C)C(=O)O.C=CCC(CC=C)C(=O)OCC. The van der Waals surface area contributed by atoms with E-state index >= 15 is 0 Å². The number of allylic oxidation sites excluding steroid dienone is 4. The summed E-state index contributed by atoms with van der Waals surface area (Å²) in [5, 5.41) is 8.54. The molecule has 132 valence electrons. The first-order valence-electron chi connectivity index (χ1n) is 7.31. The third kappa shape index (κ3) is 14.6. The van der Waals surface area contributed by atoms with Gasteiger partial charge in [0.1, 0.15) is 0 Å². The van der Waals surface area contributed by atoms with Crippen LogP contribution < -0.4 is 0 Å². The van der Waals surface area contributed by atoms with Gasteiger partial charge < -0.3 is 9.84 Å². The molecule has 0 saturated carbocycles. The number of carboxylic acids is 1. The number of hydrogen-bond donors (Lipinski definition) is 1. The van der Waals surface area contributed by atoms with E-state index in [1.165, 1.54) is 0 Å². The second-order valence-corrected chi connectivity index (χ2v) is 4.58. The van der Waals surface area contributed by atoms with Gasteiger partial charge in [-0.25, -0.2) is 0 Å². The normalized spacial score (nSPS) is 9.00. The number of aliphatic carboxylic acids is 1. The molecule has 0 aliphatic rings. The number of carbonyl (C=O) groups is 2. The van der Waals surface area contributed by atoms with Crippen molar-refractivity contribution in [2.75, 3.05) is 6.61 Å². The lowest BCUT2D eigenvalue weighted by atomic mass is 10.0. The average Bonchev–Trinajstić information content (AvgIpc) is 2.47. The third-order valence-corrected chi connectivity index (χ3v) is 2.77. The van der Waals surface area contributed by atoms with Crippen molar-refractivity contribution in [3.8, 4) is 0 Å². The molecule has 23 heavy (non-hydrogen) atoms. The molecular formula is C19H32O4. The van der Waals surface area contributed by atoms with Crippen LogP contribution in [0.5, 0.6) is 0 Å². The van der Waals surface area contributed by atoms with Crippen molar-refractivity contribution in [3.63, 3.8) is 0 Å². The molecule has 4 heteroatoms. The highest BCUT2D eigenvalue weighted by Gasteiger charge is 2.15. The van der Waals surface area contributed by atoms with E-state index in [2.05, 4.69) is 26.3 Å². The number of carbonyl (C=O) groups excluding carboxylic acids is 1. The van der Waals surface area contributed by atoms with Crippen LogP contribution in [0.4, 0.5) is 0 Å². The molecule has 0 atom stereocenters. The Morgan fingerprint density at radius 1 is 0.913 bits per heavy atom. The van der Waals surface area contributed by atoms with E-state index in [-0.39, 0.29) is 25.2 Å². The van der Waals surface area contributed by atoms with E-state index in [4.69, 9.17) is 9.84 Å². The monoisotopic (exact) mass is 324 g/mol. The summed E-state index contributed by atoms with van der Waals surface area (Å²) < 4.78 is 4.87. The number of ether oxygens (including phenoxy) is 1. The van der Waals surface area contributed by atoms with Crippen LogP contribution in [-0.4, -0.2) is 23.7 Å². The lowest BCUT2D eigenvalue weighted by Crippen LogP contribution is -2.16. The van der Waals surface area contributed by atoms with Crippen LogP contribution in [0.3, 0.4) is 0 Å². The molecule has 0 amide bonds. The molecule has 0 aliphatic heterocycles. The smallest absolute Gasteiger partial charge is 0.309 e. The van der Waals surface area contributed by atoms with Crippen LogP contribution in [-0.2, 0) is 14.3 Å². The zero-order valence-corrected chi connectivity index (χ0v) is 13.5.